The minimum atomic E-state index is -0.841. The third-order valence-corrected chi connectivity index (χ3v) is 3.63. The van der Waals surface area contributed by atoms with Crippen LogP contribution in [0.3, 0.4) is 0 Å². The summed E-state index contributed by atoms with van der Waals surface area (Å²) in [5, 5.41) is 8.80. The molecule has 0 radical (unpaired) electrons. The Morgan fingerprint density at radius 3 is 3.08 bits per heavy atom. The minimum absolute atomic E-state index is 0.396. The highest BCUT2D eigenvalue weighted by Crippen LogP contribution is 2.39. The fourth-order valence-corrected chi connectivity index (χ4v) is 2.70. The number of aromatic carboxylic acids is 1. The molecule has 0 saturated heterocycles. The summed E-state index contributed by atoms with van der Waals surface area (Å²) in [4.78, 5) is 11.9. The summed E-state index contributed by atoms with van der Waals surface area (Å²) in [6, 6.07) is 5.38. The zero-order valence-electron chi connectivity index (χ0n) is 7.28. The molecule has 13 heavy (non-hydrogen) atoms. The second-order valence-electron chi connectivity index (χ2n) is 3.27. The van der Waals surface area contributed by atoms with E-state index in [0.717, 1.165) is 5.75 Å². The average molecular weight is 194 g/mol. The van der Waals surface area contributed by atoms with Crippen LogP contribution in [0.5, 0.6) is 0 Å². The first-order chi connectivity index (χ1) is 6.18. The van der Waals surface area contributed by atoms with Crippen LogP contribution in [0, 0.1) is 0 Å². The van der Waals surface area contributed by atoms with E-state index in [4.69, 9.17) is 5.11 Å². The number of hydrogen-bond acceptors (Lipinski definition) is 2. The number of rotatable bonds is 1. The summed E-state index contributed by atoms with van der Waals surface area (Å²) in [5.74, 6) is 0.712. The van der Waals surface area contributed by atoms with E-state index in [1.807, 2.05) is 6.07 Å². The van der Waals surface area contributed by atoms with Crippen molar-refractivity contribution in [3.05, 3.63) is 29.3 Å². The second-order valence-corrected chi connectivity index (χ2v) is 4.33. The van der Waals surface area contributed by atoms with Crippen LogP contribution in [0.2, 0.25) is 0 Å². The van der Waals surface area contributed by atoms with Gasteiger partial charge in [0.05, 0.1) is 5.56 Å². The van der Waals surface area contributed by atoms with Gasteiger partial charge in [-0.15, -0.1) is 11.8 Å². The van der Waals surface area contributed by atoms with Gasteiger partial charge >= 0.3 is 5.97 Å². The van der Waals surface area contributed by atoms with Crippen LogP contribution in [0.15, 0.2) is 23.1 Å². The minimum Gasteiger partial charge on any atom is -0.478 e. The lowest BCUT2D eigenvalue weighted by molar-refractivity contribution is 0.0696. The van der Waals surface area contributed by atoms with Crippen LogP contribution in [-0.4, -0.2) is 16.8 Å². The first kappa shape index (κ1) is 8.63. The molecule has 1 aliphatic rings. The van der Waals surface area contributed by atoms with Gasteiger partial charge in [-0.25, -0.2) is 4.79 Å². The van der Waals surface area contributed by atoms with E-state index in [2.05, 4.69) is 6.92 Å². The topological polar surface area (TPSA) is 37.3 Å². The second kappa shape index (κ2) is 3.07. The Balaban J connectivity index is 2.47. The van der Waals surface area contributed by atoms with Gasteiger partial charge in [0.1, 0.15) is 0 Å². The summed E-state index contributed by atoms with van der Waals surface area (Å²) in [6.07, 6.45) is 0. The molecule has 2 rings (SSSR count). The molecule has 1 heterocycles. The molecule has 0 aromatic heterocycles. The zero-order valence-corrected chi connectivity index (χ0v) is 8.10. The van der Waals surface area contributed by atoms with Gasteiger partial charge in [-0.2, -0.15) is 0 Å². The molecule has 0 bridgehead atoms. The third-order valence-electron chi connectivity index (χ3n) is 2.28. The van der Waals surface area contributed by atoms with Crippen LogP contribution in [-0.2, 0) is 0 Å². The average Bonchev–Trinajstić information content (AvgIpc) is 2.47. The first-order valence-electron chi connectivity index (χ1n) is 4.18. The van der Waals surface area contributed by atoms with Gasteiger partial charge in [0.15, 0.2) is 0 Å². The summed E-state index contributed by atoms with van der Waals surface area (Å²) >= 11 is 1.80. The highest BCUT2D eigenvalue weighted by Gasteiger charge is 2.20. The van der Waals surface area contributed by atoms with Crippen molar-refractivity contribution in [3.63, 3.8) is 0 Å². The van der Waals surface area contributed by atoms with Crippen molar-refractivity contribution in [2.75, 3.05) is 5.75 Å². The Morgan fingerprint density at radius 1 is 1.62 bits per heavy atom. The Hall–Kier alpha value is -0.960. The van der Waals surface area contributed by atoms with E-state index >= 15 is 0 Å². The Morgan fingerprint density at radius 2 is 2.38 bits per heavy atom. The fourth-order valence-electron chi connectivity index (χ4n) is 1.50. The van der Waals surface area contributed by atoms with E-state index in [1.165, 1.54) is 10.5 Å². The Bertz CT molecular complexity index is 360. The van der Waals surface area contributed by atoms with Crippen molar-refractivity contribution < 1.29 is 9.90 Å². The van der Waals surface area contributed by atoms with Crippen molar-refractivity contribution in [1.82, 2.24) is 0 Å². The molecule has 3 heteroatoms. The molecule has 1 unspecified atom stereocenters. The molecule has 1 aromatic rings. The lowest BCUT2D eigenvalue weighted by atomic mass is 10.0. The molecule has 0 spiro atoms. The number of hydrogen-bond donors (Lipinski definition) is 1. The molecular weight excluding hydrogens is 184 g/mol. The summed E-state index contributed by atoms with van der Waals surface area (Å²) < 4.78 is 0. The maximum absolute atomic E-state index is 10.7. The first-order valence-corrected chi connectivity index (χ1v) is 5.17. The molecule has 0 aliphatic carbocycles. The molecule has 1 N–H and O–H groups in total. The van der Waals surface area contributed by atoms with Crippen LogP contribution in [0.4, 0.5) is 0 Å². The molecule has 1 aliphatic heterocycles. The molecule has 1 aromatic carbocycles. The Kier molecular flexibility index (Phi) is 2.04. The smallest absolute Gasteiger partial charge is 0.335 e. The quantitative estimate of drug-likeness (QED) is 0.746. The molecule has 1 atom stereocenters. The van der Waals surface area contributed by atoms with Crippen molar-refractivity contribution in [2.24, 2.45) is 0 Å². The standard InChI is InChI=1S/C10H10O2S/c1-6-5-13-9-3-2-7(10(11)12)4-8(6)9/h2-4,6H,5H2,1H3,(H,11,12). The monoisotopic (exact) mass is 194 g/mol. The van der Waals surface area contributed by atoms with E-state index in [9.17, 15) is 4.79 Å². The molecule has 2 nitrogen and oxygen atoms in total. The normalized spacial score (nSPS) is 19.9. The van der Waals surface area contributed by atoms with Gasteiger partial charge in [0.25, 0.3) is 0 Å². The third kappa shape index (κ3) is 1.44. The summed E-state index contributed by atoms with van der Waals surface area (Å²) in [6.45, 7) is 2.13. The van der Waals surface area contributed by atoms with E-state index in [1.54, 1.807) is 23.9 Å². The lowest BCUT2D eigenvalue weighted by Gasteiger charge is -2.03. The van der Waals surface area contributed by atoms with E-state index in [-0.39, 0.29) is 0 Å². The lowest BCUT2D eigenvalue weighted by Crippen LogP contribution is -1.98. The van der Waals surface area contributed by atoms with Gasteiger partial charge in [-0.3, -0.25) is 0 Å². The number of fused-ring (bicyclic) bond motifs is 1. The van der Waals surface area contributed by atoms with Crippen LogP contribution < -0.4 is 0 Å². The number of carboxylic acid groups (broad SMARTS) is 1. The van der Waals surface area contributed by atoms with Gasteiger partial charge in [-0.1, -0.05) is 6.92 Å². The predicted octanol–water partition coefficient (Wildman–Crippen LogP) is 2.59. The van der Waals surface area contributed by atoms with Crippen LogP contribution in [0.1, 0.15) is 28.8 Å². The maximum Gasteiger partial charge on any atom is 0.335 e. The fraction of sp³-hybridized carbons (Fsp3) is 0.300. The van der Waals surface area contributed by atoms with Crippen molar-refractivity contribution in [3.8, 4) is 0 Å². The van der Waals surface area contributed by atoms with Gasteiger partial charge in [-0.05, 0) is 29.7 Å². The number of carbonyl (C=O) groups is 1. The maximum atomic E-state index is 10.7. The van der Waals surface area contributed by atoms with Gasteiger partial charge in [0.2, 0.25) is 0 Å². The van der Waals surface area contributed by atoms with Crippen LogP contribution >= 0.6 is 11.8 Å². The van der Waals surface area contributed by atoms with E-state index in [0.29, 0.717) is 11.5 Å². The predicted molar refractivity (Wildman–Crippen MR) is 52.5 cm³/mol. The SMILES string of the molecule is CC1CSc2ccc(C(=O)O)cc21. The van der Waals surface area contributed by atoms with Crippen molar-refractivity contribution in [1.29, 1.82) is 0 Å². The number of thioether (sulfide) groups is 1. The van der Waals surface area contributed by atoms with Gasteiger partial charge in [0, 0.05) is 10.6 Å². The Labute approximate surface area is 81.0 Å². The highest BCUT2D eigenvalue weighted by molar-refractivity contribution is 7.99. The van der Waals surface area contributed by atoms with Crippen molar-refractivity contribution in [2.45, 2.75) is 17.7 Å². The van der Waals surface area contributed by atoms with Crippen molar-refractivity contribution >= 4 is 17.7 Å². The molecule has 0 fully saturated rings. The number of carboxylic acids is 1. The molecular formula is C10H10O2S. The van der Waals surface area contributed by atoms with Gasteiger partial charge < -0.3 is 5.11 Å². The summed E-state index contributed by atoms with van der Waals surface area (Å²) in [7, 11) is 0. The number of benzene rings is 1. The zero-order chi connectivity index (χ0) is 9.42. The van der Waals surface area contributed by atoms with Crippen LogP contribution in [0.25, 0.3) is 0 Å². The molecule has 68 valence electrons. The summed E-state index contributed by atoms with van der Waals surface area (Å²) in [5.41, 5.74) is 1.58. The molecule has 0 amide bonds. The highest BCUT2D eigenvalue weighted by atomic mass is 32.2. The van der Waals surface area contributed by atoms with E-state index < -0.39 is 5.97 Å². The molecule has 0 saturated carbocycles. The largest absolute Gasteiger partial charge is 0.478 e.